The molecule has 1 amide bonds. The van der Waals surface area contributed by atoms with Crippen LogP contribution in [-0.2, 0) is 6.54 Å². The van der Waals surface area contributed by atoms with Crippen molar-refractivity contribution >= 4 is 45.6 Å². The number of hydrazone groups is 1. The lowest BCUT2D eigenvalue weighted by Gasteiger charge is -2.07. The summed E-state index contributed by atoms with van der Waals surface area (Å²) < 4.78 is 8.29. The summed E-state index contributed by atoms with van der Waals surface area (Å²) in [6.45, 7) is 0.562. The average molecular weight is 534 g/mol. The molecule has 0 bridgehead atoms. The molecular weight excluding hydrogens is 515 g/mol. The highest BCUT2D eigenvalue weighted by molar-refractivity contribution is 14.1. The Morgan fingerprint density at radius 2 is 1.97 bits per heavy atom. The average Bonchev–Trinajstić information content (AvgIpc) is 3.17. The second kappa shape index (κ2) is 9.66. The van der Waals surface area contributed by atoms with Gasteiger partial charge in [-0.3, -0.25) is 4.79 Å². The van der Waals surface area contributed by atoms with Crippen LogP contribution in [0.25, 0.3) is 10.9 Å². The fourth-order valence-corrected chi connectivity index (χ4v) is 4.04. The number of hydrogen-bond donors (Lipinski definition) is 1. The molecule has 0 saturated carbocycles. The minimum Gasteiger partial charge on any atom is -0.496 e. The van der Waals surface area contributed by atoms with E-state index in [4.69, 9.17) is 4.74 Å². The molecule has 4 aromatic rings. The van der Waals surface area contributed by atoms with Crippen LogP contribution in [0.1, 0.15) is 27.0 Å². The molecule has 1 heterocycles. The number of carbonyl (C=O) groups is 1. The number of hydrogen-bond acceptors (Lipinski definition) is 4. The Kier molecular flexibility index (Phi) is 6.52. The van der Waals surface area contributed by atoms with Gasteiger partial charge in [0.15, 0.2) is 0 Å². The number of carbonyl (C=O) groups excluding carboxylic acids is 1. The Balaban J connectivity index is 1.58. The maximum atomic E-state index is 12.5. The highest BCUT2D eigenvalue weighted by Gasteiger charge is 2.11. The maximum Gasteiger partial charge on any atom is 0.271 e. The van der Waals surface area contributed by atoms with Gasteiger partial charge in [-0.2, -0.15) is 10.4 Å². The van der Waals surface area contributed by atoms with Crippen molar-refractivity contribution in [1.29, 1.82) is 5.26 Å². The van der Waals surface area contributed by atoms with Crippen LogP contribution >= 0.6 is 22.6 Å². The van der Waals surface area contributed by atoms with Crippen molar-refractivity contribution in [3.05, 3.63) is 98.8 Å². The van der Waals surface area contributed by atoms with E-state index in [9.17, 15) is 10.1 Å². The van der Waals surface area contributed by atoms with Crippen LogP contribution in [0.3, 0.4) is 0 Å². The first kappa shape index (κ1) is 21.6. The molecule has 7 heteroatoms. The monoisotopic (exact) mass is 534 g/mol. The van der Waals surface area contributed by atoms with Crippen molar-refractivity contribution < 1.29 is 9.53 Å². The predicted molar refractivity (Wildman–Crippen MR) is 133 cm³/mol. The normalized spacial score (nSPS) is 10.9. The predicted octanol–water partition coefficient (Wildman–Crippen LogP) is 4.94. The van der Waals surface area contributed by atoms with Gasteiger partial charge in [0.05, 0.1) is 28.5 Å². The van der Waals surface area contributed by atoms with Crippen LogP contribution in [0.5, 0.6) is 5.75 Å². The zero-order valence-corrected chi connectivity index (χ0v) is 19.4. The Labute approximate surface area is 199 Å². The Morgan fingerprint density at radius 1 is 1.19 bits per heavy atom. The van der Waals surface area contributed by atoms with Crippen LogP contribution < -0.4 is 10.2 Å². The molecule has 0 saturated heterocycles. The van der Waals surface area contributed by atoms with Gasteiger partial charge in [-0.1, -0.05) is 36.4 Å². The van der Waals surface area contributed by atoms with Gasteiger partial charge in [0.1, 0.15) is 5.75 Å². The standard InChI is InChI=1S/C25H19IN4O2/c1-32-24-12-17(10-11-22(24)26)25(31)29-28-14-20-16-30(23-9-5-4-8-21(20)23)15-19-7-3-2-6-18(19)13-27/h2-12,14,16H,15H2,1H3,(H,29,31)/b28-14+. The van der Waals surface area contributed by atoms with E-state index < -0.39 is 0 Å². The fourth-order valence-electron chi connectivity index (χ4n) is 3.49. The lowest BCUT2D eigenvalue weighted by Crippen LogP contribution is -2.17. The topological polar surface area (TPSA) is 79.4 Å². The van der Waals surface area contributed by atoms with Crippen LogP contribution in [0.4, 0.5) is 0 Å². The summed E-state index contributed by atoms with van der Waals surface area (Å²) in [5.74, 6) is 0.325. The van der Waals surface area contributed by atoms with Crippen molar-refractivity contribution in [2.24, 2.45) is 5.10 Å². The van der Waals surface area contributed by atoms with E-state index in [1.165, 1.54) is 0 Å². The summed E-state index contributed by atoms with van der Waals surface area (Å²) in [7, 11) is 1.57. The zero-order valence-electron chi connectivity index (χ0n) is 17.2. The van der Waals surface area contributed by atoms with Crippen molar-refractivity contribution in [3.8, 4) is 11.8 Å². The summed E-state index contributed by atoms with van der Waals surface area (Å²) >= 11 is 2.15. The highest BCUT2D eigenvalue weighted by atomic mass is 127. The Bertz CT molecular complexity index is 1370. The third kappa shape index (κ3) is 4.50. The number of nitrogens with zero attached hydrogens (tertiary/aromatic N) is 3. The van der Waals surface area contributed by atoms with Crippen LogP contribution in [-0.4, -0.2) is 23.8 Å². The highest BCUT2D eigenvalue weighted by Crippen LogP contribution is 2.23. The van der Waals surface area contributed by atoms with Crippen LogP contribution in [0.2, 0.25) is 0 Å². The molecule has 0 atom stereocenters. The van der Waals surface area contributed by atoms with Gasteiger partial charge in [0.2, 0.25) is 0 Å². The minimum atomic E-state index is -0.317. The fraction of sp³-hybridized carbons (Fsp3) is 0.0800. The summed E-state index contributed by atoms with van der Waals surface area (Å²) in [4.78, 5) is 12.5. The number of halogens is 1. The quantitative estimate of drug-likeness (QED) is 0.216. The van der Waals surface area contributed by atoms with Crippen molar-refractivity contribution in [3.63, 3.8) is 0 Å². The number of para-hydroxylation sites is 1. The number of rotatable bonds is 6. The molecule has 1 aromatic heterocycles. The van der Waals surface area contributed by atoms with Gasteiger partial charge < -0.3 is 9.30 Å². The number of nitrogens with one attached hydrogen (secondary N) is 1. The Hall–Kier alpha value is -3.64. The van der Waals surface area contributed by atoms with E-state index in [1.807, 2.05) is 60.8 Å². The van der Waals surface area contributed by atoms with E-state index in [2.05, 4.69) is 43.8 Å². The summed E-state index contributed by atoms with van der Waals surface area (Å²) in [5, 5.41) is 14.6. The van der Waals surface area contributed by atoms with Gasteiger partial charge in [-0.15, -0.1) is 0 Å². The first-order chi connectivity index (χ1) is 15.6. The van der Waals surface area contributed by atoms with Crippen molar-refractivity contribution in [2.45, 2.75) is 6.54 Å². The lowest BCUT2D eigenvalue weighted by atomic mass is 10.1. The Morgan fingerprint density at radius 3 is 2.78 bits per heavy atom. The molecular formula is C25H19IN4O2. The van der Waals surface area contributed by atoms with Crippen LogP contribution in [0, 0.1) is 14.9 Å². The number of amides is 1. The number of fused-ring (bicyclic) bond motifs is 1. The number of ether oxygens (including phenoxy) is 1. The zero-order chi connectivity index (χ0) is 22.5. The van der Waals surface area contributed by atoms with Crippen molar-refractivity contribution in [2.75, 3.05) is 7.11 Å². The SMILES string of the molecule is COc1cc(C(=O)N/N=C/c2cn(Cc3ccccc3C#N)c3ccccc23)ccc1I. The molecule has 0 aliphatic heterocycles. The molecule has 0 spiro atoms. The molecule has 0 aliphatic carbocycles. The lowest BCUT2D eigenvalue weighted by molar-refractivity contribution is 0.0954. The number of nitriles is 1. The molecule has 4 rings (SSSR count). The van der Waals surface area contributed by atoms with Gasteiger partial charge >= 0.3 is 0 Å². The van der Waals surface area contributed by atoms with Gasteiger partial charge in [0, 0.05) is 34.8 Å². The maximum absolute atomic E-state index is 12.5. The summed E-state index contributed by atoms with van der Waals surface area (Å²) in [5.41, 5.74) is 6.54. The number of methoxy groups -OCH3 is 1. The van der Waals surface area contributed by atoms with E-state index in [-0.39, 0.29) is 5.91 Å². The van der Waals surface area contributed by atoms with E-state index in [1.54, 1.807) is 25.5 Å². The second-order valence-corrected chi connectivity index (χ2v) is 8.21. The molecule has 6 nitrogen and oxygen atoms in total. The van der Waals surface area contributed by atoms with Gasteiger partial charge in [0.25, 0.3) is 5.91 Å². The smallest absolute Gasteiger partial charge is 0.271 e. The third-order valence-electron chi connectivity index (χ3n) is 5.08. The molecule has 158 valence electrons. The van der Waals surface area contributed by atoms with Gasteiger partial charge in [-0.05, 0) is 58.5 Å². The molecule has 0 radical (unpaired) electrons. The first-order valence-electron chi connectivity index (χ1n) is 9.83. The second-order valence-electron chi connectivity index (χ2n) is 7.05. The van der Waals surface area contributed by atoms with E-state index in [0.29, 0.717) is 23.4 Å². The molecule has 32 heavy (non-hydrogen) atoms. The van der Waals surface area contributed by atoms with Crippen molar-refractivity contribution in [1.82, 2.24) is 9.99 Å². The molecule has 0 aliphatic rings. The van der Waals surface area contributed by atoms with Crippen LogP contribution in [0.15, 0.2) is 78.0 Å². The third-order valence-corrected chi connectivity index (χ3v) is 5.97. The minimum absolute atomic E-state index is 0.317. The largest absolute Gasteiger partial charge is 0.496 e. The molecule has 1 N–H and O–H groups in total. The van der Waals surface area contributed by atoms with Gasteiger partial charge in [-0.25, -0.2) is 5.43 Å². The number of aromatic nitrogens is 1. The first-order valence-corrected chi connectivity index (χ1v) is 10.9. The molecule has 3 aromatic carbocycles. The number of benzene rings is 3. The molecule has 0 unspecified atom stereocenters. The summed E-state index contributed by atoms with van der Waals surface area (Å²) in [6, 6.07) is 23.0. The molecule has 0 fully saturated rings. The van der Waals surface area contributed by atoms with E-state index >= 15 is 0 Å². The van der Waals surface area contributed by atoms with E-state index in [0.717, 1.165) is 25.6 Å². The summed E-state index contributed by atoms with van der Waals surface area (Å²) in [6.07, 6.45) is 3.61.